The van der Waals surface area contributed by atoms with Gasteiger partial charge in [0.05, 0.1) is 13.2 Å². The van der Waals surface area contributed by atoms with Gasteiger partial charge in [0, 0.05) is 18.4 Å². The number of benzene rings is 2. The van der Waals surface area contributed by atoms with Gasteiger partial charge in [-0.1, -0.05) is 42.5 Å². The van der Waals surface area contributed by atoms with Crippen molar-refractivity contribution in [2.45, 2.75) is 37.1 Å². The molecule has 2 aromatic rings. The Labute approximate surface area is 183 Å². The van der Waals surface area contributed by atoms with Crippen LogP contribution in [0.1, 0.15) is 30.3 Å². The first-order valence-corrected chi connectivity index (χ1v) is 9.88. The van der Waals surface area contributed by atoms with Crippen molar-refractivity contribution in [3.05, 3.63) is 65.7 Å². The van der Waals surface area contributed by atoms with Crippen LogP contribution in [0.4, 0.5) is 26.3 Å². The lowest BCUT2D eigenvalue weighted by Gasteiger charge is -2.30. The molecule has 1 heterocycles. The van der Waals surface area contributed by atoms with Crippen LogP contribution in [0.25, 0.3) is 0 Å². The van der Waals surface area contributed by atoms with Gasteiger partial charge in [-0.25, -0.2) is 0 Å². The first-order valence-electron chi connectivity index (χ1n) is 9.22. The molecule has 0 spiro atoms. The summed E-state index contributed by atoms with van der Waals surface area (Å²) in [4.78, 5) is 3.14. The lowest BCUT2D eigenvalue weighted by Crippen LogP contribution is -2.53. The zero-order chi connectivity index (χ0) is 23.4. The molecule has 0 atom stereocenters. The molecule has 176 valence electrons. The van der Waals surface area contributed by atoms with Crippen LogP contribution in [0.15, 0.2) is 54.6 Å². The van der Waals surface area contributed by atoms with Crippen LogP contribution in [-0.4, -0.2) is 31.2 Å². The highest BCUT2D eigenvalue weighted by molar-refractivity contribution is 7.90. The fourth-order valence-electron chi connectivity index (χ4n) is 2.71. The molecule has 2 aromatic carbocycles. The molecular weight excluding hydrogens is 466 g/mol. The van der Waals surface area contributed by atoms with E-state index in [1.807, 2.05) is 30.3 Å². The Morgan fingerprint density at radius 3 is 2.00 bits per heavy atom. The van der Waals surface area contributed by atoms with Gasteiger partial charge >= 0.3 is 18.0 Å². The monoisotopic (exact) mass is 484 g/mol. The summed E-state index contributed by atoms with van der Waals surface area (Å²) in [6.45, 7) is 0.532. The lowest BCUT2D eigenvalue weighted by molar-refractivity contribution is -0.470. The smallest absolute Gasteiger partial charge is 0.399 e. The van der Waals surface area contributed by atoms with Gasteiger partial charge in [-0.3, -0.25) is 0 Å². The minimum atomic E-state index is -5.79. The molecule has 1 fully saturated rings. The van der Waals surface area contributed by atoms with E-state index >= 15 is 0 Å². The van der Waals surface area contributed by atoms with Gasteiger partial charge in [0.15, 0.2) is 6.29 Å². The average Bonchev–Trinajstić information content (AvgIpc) is 2.77. The first kappa shape index (κ1) is 24.6. The van der Waals surface area contributed by atoms with Crippen molar-refractivity contribution < 1.29 is 49.2 Å². The van der Waals surface area contributed by atoms with E-state index in [9.17, 15) is 26.3 Å². The molecule has 32 heavy (non-hydrogen) atoms. The highest BCUT2D eigenvalue weighted by Crippen LogP contribution is 2.46. The molecule has 0 saturated carbocycles. The zero-order valence-electron chi connectivity index (χ0n) is 16.5. The van der Waals surface area contributed by atoms with Crippen LogP contribution >= 0.6 is 12.3 Å². The predicted molar refractivity (Wildman–Crippen MR) is 101 cm³/mol. The van der Waals surface area contributed by atoms with Crippen molar-refractivity contribution >= 4 is 12.3 Å². The van der Waals surface area contributed by atoms with E-state index in [0.717, 1.165) is 5.56 Å². The summed E-state index contributed by atoms with van der Waals surface area (Å²) in [6.07, 6.45) is -6.20. The summed E-state index contributed by atoms with van der Waals surface area (Å²) in [5.74, 6) is -10.6. The van der Waals surface area contributed by atoms with E-state index in [-0.39, 0.29) is 30.9 Å². The van der Waals surface area contributed by atoms with Gasteiger partial charge in [-0.15, -0.1) is 9.22 Å². The highest BCUT2D eigenvalue weighted by Gasteiger charge is 2.72. The Morgan fingerprint density at radius 1 is 0.844 bits per heavy atom. The number of ether oxygens (including phenoxy) is 2. The van der Waals surface area contributed by atoms with Crippen molar-refractivity contribution in [1.82, 2.24) is 0 Å². The van der Waals surface area contributed by atoms with Crippen molar-refractivity contribution in [1.29, 1.82) is 0 Å². The number of halogens is 6. The number of rotatable bonds is 9. The van der Waals surface area contributed by atoms with Crippen LogP contribution in [-0.2, 0) is 18.7 Å². The summed E-state index contributed by atoms with van der Waals surface area (Å²) in [5, 5.41) is 0. The van der Waals surface area contributed by atoms with E-state index in [2.05, 4.69) is 9.22 Å². The standard InChI is InChI=1S/C20H18F6O5S/c1-18(21,22)19(23,24)20(25,26)30-31-32-29-16-9-7-14(8-10-16)17-27-11-15(12-28-17)13-5-3-2-4-6-13/h2-10,15,17H,11-12H2,1H3. The van der Waals surface area contributed by atoms with Gasteiger partial charge in [0.1, 0.15) is 5.75 Å². The molecule has 0 amide bonds. The molecule has 0 radical (unpaired) electrons. The Morgan fingerprint density at radius 2 is 1.44 bits per heavy atom. The van der Waals surface area contributed by atoms with Crippen LogP contribution in [0.5, 0.6) is 5.75 Å². The molecule has 1 saturated heterocycles. The summed E-state index contributed by atoms with van der Waals surface area (Å²) in [6, 6.07) is 15.7. The van der Waals surface area contributed by atoms with Crippen LogP contribution in [0.3, 0.4) is 0 Å². The minimum absolute atomic E-state index is 0.0798. The summed E-state index contributed by atoms with van der Waals surface area (Å²) in [5.41, 5.74) is 1.75. The van der Waals surface area contributed by atoms with E-state index in [1.165, 1.54) is 12.1 Å². The van der Waals surface area contributed by atoms with Crippen molar-refractivity contribution in [3.8, 4) is 5.75 Å². The SMILES string of the molecule is CC(F)(F)C(F)(F)C(F)(F)OOSOc1ccc(C2OCC(c3ccccc3)CO2)cc1. The van der Waals surface area contributed by atoms with Gasteiger partial charge < -0.3 is 13.7 Å². The van der Waals surface area contributed by atoms with E-state index in [0.29, 0.717) is 18.8 Å². The Kier molecular flexibility index (Phi) is 7.61. The number of alkyl halides is 6. The quantitative estimate of drug-likeness (QED) is 0.137. The molecule has 0 aliphatic carbocycles. The Hall–Kier alpha value is -1.99. The Bertz CT molecular complexity index is 855. The van der Waals surface area contributed by atoms with Gasteiger partial charge in [0.25, 0.3) is 12.3 Å². The summed E-state index contributed by atoms with van der Waals surface area (Å²) < 4.78 is 97.7. The predicted octanol–water partition coefficient (Wildman–Crippen LogP) is 6.29. The normalized spacial score (nSPS) is 20.2. The first-order chi connectivity index (χ1) is 15.0. The lowest BCUT2D eigenvalue weighted by atomic mass is 10.0. The second-order valence-corrected chi connectivity index (χ2v) is 7.40. The average molecular weight is 484 g/mol. The maximum Gasteiger partial charge on any atom is 0.452 e. The third-order valence-electron chi connectivity index (χ3n) is 4.53. The molecule has 1 aliphatic heterocycles. The van der Waals surface area contributed by atoms with Crippen LogP contribution in [0.2, 0.25) is 0 Å². The Balaban J connectivity index is 1.45. The fourth-order valence-corrected chi connectivity index (χ4v) is 3.04. The van der Waals surface area contributed by atoms with Gasteiger partial charge in [-0.2, -0.15) is 26.3 Å². The van der Waals surface area contributed by atoms with E-state index in [4.69, 9.17) is 13.7 Å². The molecule has 0 unspecified atom stereocenters. The van der Waals surface area contributed by atoms with Crippen molar-refractivity contribution in [2.75, 3.05) is 13.2 Å². The van der Waals surface area contributed by atoms with E-state index in [1.54, 1.807) is 12.1 Å². The molecular formula is C20H18F6O5S. The summed E-state index contributed by atoms with van der Waals surface area (Å²) >= 11 is -0.244. The second-order valence-electron chi connectivity index (χ2n) is 6.96. The largest absolute Gasteiger partial charge is 0.452 e. The molecule has 0 bridgehead atoms. The molecule has 5 nitrogen and oxygen atoms in total. The van der Waals surface area contributed by atoms with Crippen molar-refractivity contribution in [2.24, 2.45) is 0 Å². The maximum absolute atomic E-state index is 13.1. The molecule has 12 heteroatoms. The fraction of sp³-hybridized carbons (Fsp3) is 0.400. The minimum Gasteiger partial charge on any atom is -0.399 e. The topological polar surface area (TPSA) is 46.2 Å². The van der Waals surface area contributed by atoms with Crippen LogP contribution < -0.4 is 4.18 Å². The third kappa shape index (κ3) is 5.67. The maximum atomic E-state index is 13.1. The molecule has 1 aliphatic rings. The van der Waals surface area contributed by atoms with Gasteiger partial charge in [-0.05, 0) is 17.7 Å². The molecule has 3 rings (SSSR count). The summed E-state index contributed by atoms with van der Waals surface area (Å²) in [7, 11) is 0. The third-order valence-corrected chi connectivity index (χ3v) is 4.92. The number of hydrogen-bond acceptors (Lipinski definition) is 6. The van der Waals surface area contributed by atoms with Crippen LogP contribution in [0, 0.1) is 0 Å². The zero-order valence-corrected chi connectivity index (χ0v) is 17.3. The van der Waals surface area contributed by atoms with Gasteiger partial charge in [0.2, 0.25) is 0 Å². The molecule has 0 aromatic heterocycles. The second kappa shape index (κ2) is 9.87. The van der Waals surface area contributed by atoms with Crippen molar-refractivity contribution in [3.63, 3.8) is 0 Å². The highest BCUT2D eigenvalue weighted by atomic mass is 32.2. The number of hydrogen-bond donors (Lipinski definition) is 0. The molecule has 0 N–H and O–H groups in total. The van der Waals surface area contributed by atoms with E-state index < -0.39 is 24.2 Å².